The zero-order valence-corrected chi connectivity index (χ0v) is 10.3. The Labute approximate surface area is 98.6 Å². The first-order valence-electron chi connectivity index (χ1n) is 6.05. The molecule has 0 saturated heterocycles. The second-order valence-electron chi connectivity index (χ2n) is 3.79. The molecule has 0 heterocycles. The van der Waals surface area contributed by atoms with Crippen molar-refractivity contribution in [2.45, 2.75) is 19.9 Å². The first kappa shape index (κ1) is 13.0. The minimum atomic E-state index is 0.934. The lowest BCUT2D eigenvalue weighted by atomic mass is 10.2. The Bertz CT molecular complexity index is 286. The molecule has 0 bridgehead atoms. The summed E-state index contributed by atoms with van der Waals surface area (Å²) in [6.45, 7) is 6.28. The molecule has 0 aliphatic carbocycles. The van der Waals surface area contributed by atoms with E-state index in [0.29, 0.717) is 0 Å². The van der Waals surface area contributed by atoms with Gasteiger partial charge in [-0.1, -0.05) is 25.1 Å². The Morgan fingerprint density at radius 2 is 1.81 bits per heavy atom. The third-order valence-corrected chi connectivity index (χ3v) is 2.56. The highest BCUT2D eigenvalue weighted by atomic mass is 14.9. The summed E-state index contributed by atoms with van der Waals surface area (Å²) in [7, 11) is 1.96. The smallest absolute Gasteiger partial charge is 0.0383 e. The van der Waals surface area contributed by atoms with Crippen molar-refractivity contribution >= 4 is 5.69 Å². The van der Waals surface area contributed by atoms with E-state index in [1.807, 2.05) is 7.05 Å². The van der Waals surface area contributed by atoms with Crippen LogP contribution in [0, 0.1) is 0 Å². The van der Waals surface area contributed by atoms with E-state index >= 15 is 0 Å². The number of anilines is 1. The predicted octanol–water partition coefficient (Wildman–Crippen LogP) is 1.82. The first-order valence-corrected chi connectivity index (χ1v) is 6.05. The lowest BCUT2D eigenvalue weighted by Crippen LogP contribution is -2.21. The van der Waals surface area contributed by atoms with Gasteiger partial charge in [0.2, 0.25) is 0 Å². The highest BCUT2D eigenvalue weighted by Crippen LogP contribution is 2.13. The molecule has 0 unspecified atom stereocenters. The molecular formula is C13H23N3. The summed E-state index contributed by atoms with van der Waals surface area (Å²) in [5.74, 6) is 0. The van der Waals surface area contributed by atoms with Crippen LogP contribution in [-0.2, 0) is 6.54 Å². The zero-order valence-electron chi connectivity index (χ0n) is 10.3. The normalized spacial score (nSPS) is 10.4. The van der Waals surface area contributed by atoms with Gasteiger partial charge < -0.3 is 16.0 Å². The Kier molecular flexibility index (Phi) is 6.61. The summed E-state index contributed by atoms with van der Waals surface area (Å²) >= 11 is 0. The van der Waals surface area contributed by atoms with Crippen molar-refractivity contribution in [1.29, 1.82) is 0 Å². The second kappa shape index (κ2) is 8.13. The Morgan fingerprint density at radius 3 is 2.56 bits per heavy atom. The van der Waals surface area contributed by atoms with Gasteiger partial charge in [-0.15, -0.1) is 0 Å². The molecule has 90 valence electrons. The third-order valence-electron chi connectivity index (χ3n) is 2.56. The van der Waals surface area contributed by atoms with Crippen LogP contribution < -0.4 is 16.0 Å². The molecule has 0 radical (unpaired) electrons. The summed E-state index contributed by atoms with van der Waals surface area (Å²) < 4.78 is 0. The molecule has 16 heavy (non-hydrogen) atoms. The summed E-state index contributed by atoms with van der Waals surface area (Å²) in [4.78, 5) is 0. The number of para-hydroxylation sites is 1. The molecule has 0 atom stereocenters. The minimum Gasteiger partial charge on any atom is -0.388 e. The lowest BCUT2D eigenvalue weighted by Gasteiger charge is -2.10. The molecule has 1 aromatic rings. The van der Waals surface area contributed by atoms with Crippen molar-refractivity contribution in [3.05, 3.63) is 29.8 Å². The molecule has 0 aliphatic heterocycles. The van der Waals surface area contributed by atoms with Crippen LogP contribution in [0.1, 0.15) is 18.9 Å². The van der Waals surface area contributed by atoms with Gasteiger partial charge in [0.25, 0.3) is 0 Å². The van der Waals surface area contributed by atoms with Crippen LogP contribution in [-0.4, -0.2) is 26.7 Å². The SMILES string of the molecule is CCNCCCNCc1ccccc1NC. The van der Waals surface area contributed by atoms with Gasteiger partial charge in [0.05, 0.1) is 0 Å². The maximum Gasteiger partial charge on any atom is 0.0383 e. The van der Waals surface area contributed by atoms with Crippen molar-refractivity contribution < 1.29 is 0 Å². The Balaban J connectivity index is 2.21. The number of nitrogens with one attached hydrogen (secondary N) is 3. The number of hydrogen-bond donors (Lipinski definition) is 3. The van der Waals surface area contributed by atoms with Crippen molar-refractivity contribution in [2.24, 2.45) is 0 Å². The van der Waals surface area contributed by atoms with Crippen LogP contribution in [0.3, 0.4) is 0 Å². The number of benzene rings is 1. The number of hydrogen-bond acceptors (Lipinski definition) is 3. The van der Waals surface area contributed by atoms with Crippen LogP contribution in [0.4, 0.5) is 5.69 Å². The molecule has 1 rings (SSSR count). The minimum absolute atomic E-state index is 0.934. The van der Waals surface area contributed by atoms with Gasteiger partial charge in [-0.3, -0.25) is 0 Å². The topological polar surface area (TPSA) is 36.1 Å². The summed E-state index contributed by atoms with van der Waals surface area (Å²) in [5, 5.41) is 9.98. The third kappa shape index (κ3) is 4.64. The quantitative estimate of drug-likeness (QED) is 0.586. The monoisotopic (exact) mass is 221 g/mol. The van der Waals surface area contributed by atoms with E-state index in [1.54, 1.807) is 0 Å². The molecule has 3 nitrogen and oxygen atoms in total. The molecule has 1 aromatic carbocycles. The van der Waals surface area contributed by atoms with Gasteiger partial charge in [0, 0.05) is 19.3 Å². The van der Waals surface area contributed by atoms with Crippen LogP contribution in [0.15, 0.2) is 24.3 Å². The molecule has 3 heteroatoms. The van der Waals surface area contributed by atoms with Gasteiger partial charge in [0.1, 0.15) is 0 Å². The summed E-state index contributed by atoms with van der Waals surface area (Å²) in [5.41, 5.74) is 2.54. The highest BCUT2D eigenvalue weighted by Gasteiger charge is 1.98. The van der Waals surface area contributed by atoms with Gasteiger partial charge in [0.15, 0.2) is 0 Å². The number of rotatable bonds is 8. The van der Waals surface area contributed by atoms with E-state index in [-0.39, 0.29) is 0 Å². The molecule has 0 spiro atoms. The van der Waals surface area contributed by atoms with Gasteiger partial charge in [-0.2, -0.15) is 0 Å². The van der Waals surface area contributed by atoms with Gasteiger partial charge in [-0.05, 0) is 37.7 Å². The summed E-state index contributed by atoms with van der Waals surface area (Å²) in [6, 6.07) is 8.40. The fraction of sp³-hybridized carbons (Fsp3) is 0.538. The second-order valence-corrected chi connectivity index (χ2v) is 3.79. The van der Waals surface area contributed by atoms with Crippen molar-refractivity contribution in [3.8, 4) is 0 Å². The van der Waals surface area contributed by atoms with E-state index in [0.717, 1.165) is 26.2 Å². The zero-order chi connectivity index (χ0) is 11.6. The van der Waals surface area contributed by atoms with Crippen LogP contribution in [0.5, 0.6) is 0 Å². The average molecular weight is 221 g/mol. The maximum atomic E-state index is 3.46. The van der Waals surface area contributed by atoms with Crippen molar-refractivity contribution in [1.82, 2.24) is 10.6 Å². The van der Waals surface area contributed by atoms with Crippen LogP contribution in [0.2, 0.25) is 0 Å². The van der Waals surface area contributed by atoms with E-state index in [1.165, 1.54) is 17.7 Å². The van der Waals surface area contributed by atoms with Crippen LogP contribution in [0.25, 0.3) is 0 Å². The van der Waals surface area contributed by atoms with E-state index in [4.69, 9.17) is 0 Å². The lowest BCUT2D eigenvalue weighted by molar-refractivity contribution is 0.606. The Hall–Kier alpha value is -1.06. The molecule has 0 fully saturated rings. The Morgan fingerprint density at radius 1 is 1.06 bits per heavy atom. The largest absolute Gasteiger partial charge is 0.388 e. The summed E-state index contributed by atoms with van der Waals surface area (Å²) in [6.07, 6.45) is 1.18. The average Bonchev–Trinajstić information content (AvgIpc) is 2.34. The molecule has 0 aromatic heterocycles. The van der Waals surface area contributed by atoms with E-state index in [2.05, 4.69) is 47.1 Å². The van der Waals surface area contributed by atoms with E-state index < -0.39 is 0 Å². The van der Waals surface area contributed by atoms with Crippen molar-refractivity contribution in [2.75, 3.05) is 32.0 Å². The first-order chi connectivity index (χ1) is 7.88. The van der Waals surface area contributed by atoms with Crippen LogP contribution >= 0.6 is 0 Å². The molecule has 3 N–H and O–H groups in total. The van der Waals surface area contributed by atoms with Gasteiger partial charge >= 0.3 is 0 Å². The van der Waals surface area contributed by atoms with Gasteiger partial charge in [-0.25, -0.2) is 0 Å². The maximum absolute atomic E-state index is 3.46. The molecule has 0 saturated carbocycles. The standard InChI is InChI=1S/C13H23N3/c1-3-15-9-6-10-16-11-12-7-4-5-8-13(12)14-2/h4-5,7-8,14-16H,3,6,9-11H2,1-2H3. The molecule has 0 aliphatic rings. The van der Waals surface area contributed by atoms with E-state index in [9.17, 15) is 0 Å². The molecular weight excluding hydrogens is 198 g/mol. The molecule has 0 amide bonds. The van der Waals surface area contributed by atoms with Crippen molar-refractivity contribution in [3.63, 3.8) is 0 Å². The fourth-order valence-corrected chi connectivity index (χ4v) is 1.66. The predicted molar refractivity (Wildman–Crippen MR) is 70.9 cm³/mol. The fourth-order valence-electron chi connectivity index (χ4n) is 1.66. The highest BCUT2D eigenvalue weighted by molar-refractivity contribution is 5.50.